The topological polar surface area (TPSA) is 57.7 Å². The molecule has 144 valence electrons. The summed E-state index contributed by atoms with van der Waals surface area (Å²) in [6.07, 6.45) is 4.06. The number of nitrogens with zero attached hydrogens (tertiary/aromatic N) is 2. The third-order valence-corrected chi connectivity index (χ3v) is 7.00. The van der Waals surface area contributed by atoms with Gasteiger partial charge in [-0.1, -0.05) is 31.2 Å². The zero-order valence-corrected chi connectivity index (χ0v) is 16.7. The third-order valence-electron chi connectivity index (χ3n) is 5.22. The normalized spacial score (nSPS) is 17.6. The summed E-state index contributed by atoms with van der Waals surface area (Å²) in [6, 6.07) is 15.5. The summed E-state index contributed by atoms with van der Waals surface area (Å²) >= 11 is 0. The number of carbonyl (C=O) groups is 1. The van der Waals surface area contributed by atoms with E-state index in [9.17, 15) is 13.2 Å². The first-order chi connectivity index (χ1) is 12.9. The number of benzene rings is 2. The molecule has 1 aliphatic rings. The minimum absolute atomic E-state index is 0.0824. The summed E-state index contributed by atoms with van der Waals surface area (Å²) in [7, 11) is -2.21. The van der Waals surface area contributed by atoms with Crippen LogP contribution in [0.2, 0.25) is 0 Å². The van der Waals surface area contributed by atoms with Crippen molar-refractivity contribution in [1.82, 2.24) is 4.90 Å². The van der Waals surface area contributed by atoms with Crippen molar-refractivity contribution in [3.05, 3.63) is 60.2 Å². The van der Waals surface area contributed by atoms with Crippen molar-refractivity contribution in [2.45, 2.75) is 43.5 Å². The molecule has 1 heterocycles. The molecule has 3 rings (SSSR count). The van der Waals surface area contributed by atoms with Gasteiger partial charge in [0.25, 0.3) is 15.9 Å². The number of hydrogen-bond donors (Lipinski definition) is 0. The highest BCUT2D eigenvalue weighted by molar-refractivity contribution is 7.92. The van der Waals surface area contributed by atoms with Gasteiger partial charge in [-0.05, 0) is 56.0 Å². The van der Waals surface area contributed by atoms with Crippen LogP contribution < -0.4 is 4.31 Å². The monoisotopic (exact) mass is 386 g/mol. The Bertz CT molecular complexity index is 897. The number of rotatable bonds is 5. The Hall–Kier alpha value is -2.34. The molecule has 0 N–H and O–H groups in total. The lowest BCUT2D eigenvalue weighted by molar-refractivity contribution is 0.0608. The minimum atomic E-state index is -3.74. The molecule has 1 amide bonds. The largest absolute Gasteiger partial charge is 0.336 e. The van der Waals surface area contributed by atoms with Gasteiger partial charge in [-0.3, -0.25) is 9.10 Å². The van der Waals surface area contributed by atoms with Gasteiger partial charge in [-0.25, -0.2) is 8.42 Å². The van der Waals surface area contributed by atoms with E-state index in [1.54, 1.807) is 42.5 Å². The van der Waals surface area contributed by atoms with Crippen molar-refractivity contribution in [2.24, 2.45) is 0 Å². The summed E-state index contributed by atoms with van der Waals surface area (Å²) in [5, 5.41) is 0. The second kappa shape index (κ2) is 8.13. The maximum absolute atomic E-state index is 13.0. The molecule has 1 saturated heterocycles. The molecule has 6 heteroatoms. The number of piperidine rings is 1. The van der Waals surface area contributed by atoms with Crippen LogP contribution in [0.4, 0.5) is 5.69 Å². The van der Waals surface area contributed by atoms with Gasteiger partial charge in [0, 0.05) is 25.2 Å². The van der Waals surface area contributed by atoms with E-state index in [1.807, 2.05) is 11.0 Å². The lowest BCUT2D eigenvalue weighted by Crippen LogP contribution is -2.43. The Morgan fingerprint density at radius 2 is 1.85 bits per heavy atom. The van der Waals surface area contributed by atoms with E-state index in [-0.39, 0.29) is 16.8 Å². The fraction of sp³-hybridized carbons (Fsp3) is 0.381. The Kier molecular flexibility index (Phi) is 5.85. The van der Waals surface area contributed by atoms with E-state index in [1.165, 1.54) is 17.4 Å². The zero-order valence-electron chi connectivity index (χ0n) is 15.8. The van der Waals surface area contributed by atoms with Crippen LogP contribution in [0.1, 0.15) is 43.0 Å². The van der Waals surface area contributed by atoms with Gasteiger partial charge in [0.1, 0.15) is 0 Å². The number of carbonyl (C=O) groups excluding carboxylic acids is 1. The highest BCUT2D eigenvalue weighted by atomic mass is 32.2. The maximum atomic E-state index is 13.0. The van der Waals surface area contributed by atoms with Crippen LogP contribution in [0.15, 0.2) is 59.5 Å². The predicted molar refractivity (Wildman–Crippen MR) is 107 cm³/mol. The van der Waals surface area contributed by atoms with Gasteiger partial charge in [0.15, 0.2) is 0 Å². The summed E-state index contributed by atoms with van der Waals surface area (Å²) in [4.78, 5) is 15.0. The highest BCUT2D eigenvalue weighted by Crippen LogP contribution is 2.25. The summed E-state index contributed by atoms with van der Waals surface area (Å²) < 4.78 is 27.3. The van der Waals surface area contributed by atoms with E-state index >= 15 is 0 Å². The lowest BCUT2D eigenvalue weighted by Gasteiger charge is -2.35. The smallest absolute Gasteiger partial charge is 0.264 e. The molecule has 0 aromatic heterocycles. The molecule has 1 atom stereocenters. The molecule has 27 heavy (non-hydrogen) atoms. The molecule has 2 aromatic rings. The van der Waals surface area contributed by atoms with Crippen LogP contribution in [-0.2, 0) is 10.0 Å². The fourth-order valence-electron chi connectivity index (χ4n) is 3.58. The van der Waals surface area contributed by atoms with Gasteiger partial charge >= 0.3 is 0 Å². The summed E-state index contributed by atoms with van der Waals surface area (Å²) in [5.74, 6) is -0.0824. The van der Waals surface area contributed by atoms with Crippen LogP contribution in [-0.4, -0.2) is 38.9 Å². The second-order valence-electron chi connectivity index (χ2n) is 6.89. The molecule has 1 unspecified atom stereocenters. The molecule has 2 aromatic carbocycles. The Morgan fingerprint density at radius 3 is 2.56 bits per heavy atom. The van der Waals surface area contributed by atoms with Crippen molar-refractivity contribution < 1.29 is 13.2 Å². The highest BCUT2D eigenvalue weighted by Gasteiger charge is 2.28. The van der Waals surface area contributed by atoms with E-state index in [4.69, 9.17) is 0 Å². The van der Waals surface area contributed by atoms with Crippen LogP contribution in [0.3, 0.4) is 0 Å². The van der Waals surface area contributed by atoms with Crippen LogP contribution in [0.25, 0.3) is 0 Å². The third kappa shape index (κ3) is 4.00. The van der Waals surface area contributed by atoms with Crippen LogP contribution in [0, 0.1) is 0 Å². The lowest BCUT2D eigenvalue weighted by atomic mass is 9.99. The number of para-hydroxylation sites is 1. The molecule has 0 aliphatic carbocycles. The molecule has 1 fully saturated rings. The minimum Gasteiger partial charge on any atom is -0.336 e. The molecule has 0 bridgehead atoms. The van der Waals surface area contributed by atoms with E-state index in [2.05, 4.69) is 6.92 Å². The van der Waals surface area contributed by atoms with Gasteiger partial charge in [-0.15, -0.1) is 0 Å². The Morgan fingerprint density at radius 1 is 1.11 bits per heavy atom. The van der Waals surface area contributed by atoms with E-state index in [0.717, 1.165) is 32.2 Å². The Balaban J connectivity index is 1.90. The Labute approximate surface area is 161 Å². The van der Waals surface area contributed by atoms with Gasteiger partial charge < -0.3 is 4.90 Å². The van der Waals surface area contributed by atoms with E-state index in [0.29, 0.717) is 11.3 Å². The number of anilines is 1. The fourth-order valence-corrected chi connectivity index (χ4v) is 4.82. The van der Waals surface area contributed by atoms with Crippen LogP contribution in [0.5, 0.6) is 0 Å². The van der Waals surface area contributed by atoms with Crippen molar-refractivity contribution >= 4 is 21.6 Å². The molecule has 0 radical (unpaired) electrons. The molecular weight excluding hydrogens is 360 g/mol. The molecule has 5 nitrogen and oxygen atoms in total. The first-order valence-electron chi connectivity index (χ1n) is 9.40. The van der Waals surface area contributed by atoms with Crippen molar-refractivity contribution in [3.8, 4) is 0 Å². The first kappa shape index (κ1) is 19.4. The predicted octanol–water partition coefficient (Wildman–Crippen LogP) is 3.92. The summed E-state index contributed by atoms with van der Waals surface area (Å²) in [5.41, 5.74) is 1.01. The van der Waals surface area contributed by atoms with Crippen molar-refractivity contribution in [3.63, 3.8) is 0 Å². The standard InChI is InChI=1S/C21H26N2O3S/c1-3-18-11-7-8-15-23(18)21(24)17-10-9-14-20(16-17)27(25,26)22(2)19-12-5-4-6-13-19/h4-6,9-10,12-14,16,18H,3,7-8,11,15H2,1-2H3. The first-order valence-corrected chi connectivity index (χ1v) is 10.8. The van der Waals surface area contributed by atoms with Crippen molar-refractivity contribution in [1.29, 1.82) is 0 Å². The zero-order chi connectivity index (χ0) is 19.4. The summed E-state index contributed by atoms with van der Waals surface area (Å²) in [6.45, 7) is 2.82. The maximum Gasteiger partial charge on any atom is 0.264 e. The molecular formula is C21H26N2O3S. The van der Waals surface area contributed by atoms with Gasteiger partial charge in [0.05, 0.1) is 10.6 Å². The number of amides is 1. The molecule has 0 spiro atoms. The second-order valence-corrected chi connectivity index (χ2v) is 8.86. The van der Waals surface area contributed by atoms with E-state index < -0.39 is 10.0 Å². The molecule has 1 aliphatic heterocycles. The quantitative estimate of drug-likeness (QED) is 0.783. The number of likely N-dealkylation sites (tertiary alicyclic amines) is 1. The SMILES string of the molecule is CCC1CCCCN1C(=O)c1cccc(S(=O)(=O)N(C)c2ccccc2)c1. The average molecular weight is 387 g/mol. The number of sulfonamides is 1. The van der Waals surface area contributed by atoms with Gasteiger partial charge in [0.2, 0.25) is 0 Å². The number of hydrogen-bond acceptors (Lipinski definition) is 3. The van der Waals surface area contributed by atoms with Crippen molar-refractivity contribution in [2.75, 3.05) is 17.9 Å². The average Bonchev–Trinajstić information content (AvgIpc) is 2.73. The van der Waals surface area contributed by atoms with Crippen LogP contribution >= 0.6 is 0 Å². The van der Waals surface area contributed by atoms with Gasteiger partial charge in [-0.2, -0.15) is 0 Å². The molecule has 0 saturated carbocycles.